The first-order chi connectivity index (χ1) is 13.2. The van der Waals surface area contributed by atoms with Gasteiger partial charge in [-0.05, 0) is 48.6 Å². The van der Waals surface area contributed by atoms with Crippen molar-refractivity contribution >= 4 is 23.1 Å². The second kappa shape index (κ2) is 11.8. The monoisotopic (exact) mass is 390 g/mol. The summed E-state index contributed by atoms with van der Waals surface area (Å²) in [5, 5.41) is 19.7. The lowest BCUT2D eigenvalue weighted by molar-refractivity contribution is 0.0966. The van der Waals surface area contributed by atoms with E-state index in [2.05, 4.69) is 41.1 Å². The van der Waals surface area contributed by atoms with E-state index in [-0.39, 0.29) is 6.61 Å². The lowest BCUT2D eigenvalue weighted by Crippen LogP contribution is -2.28. The molecular weight excluding hydrogens is 360 g/mol. The van der Waals surface area contributed by atoms with Crippen LogP contribution in [0.15, 0.2) is 57.4 Å². The van der Waals surface area contributed by atoms with E-state index in [0.29, 0.717) is 18.5 Å². The summed E-state index contributed by atoms with van der Waals surface area (Å²) in [7, 11) is 0. The SMILES string of the molecule is CCCCN(CCOCCO)c1ccc(N=NC2=C(C)C2SC=CN)cc1. The summed E-state index contributed by atoms with van der Waals surface area (Å²) in [6.07, 6.45) is 3.82. The first-order valence-corrected chi connectivity index (χ1v) is 10.3. The van der Waals surface area contributed by atoms with Crippen molar-refractivity contribution in [3.05, 3.63) is 47.1 Å². The number of aliphatic hydroxyl groups is 1. The molecular formula is C20H30N4O2S. The highest BCUT2D eigenvalue weighted by atomic mass is 32.2. The van der Waals surface area contributed by atoms with E-state index < -0.39 is 0 Å². The fourth-order valence-corrected chi connectivity index (χ4v) is 3.48. The molecule has 2 rings (SSSR count). The molecule has 1 aliphatic rings. The van der Waals surface area contributed by atoms with Crippen LogP contribution in [0.4, 0.5) is 11.4 Å². The number of thioether (sulfide) groups is 1. The Morgan fingerprint density at radius 2 is 2.00 bits per heavy atom. The van der Waals surface area contributed by atoms with Crippen LogP contribution in [-0.2, 0) is 4.74 Å². The van der Waals surface area contributed by atoms with Crippen molar-refractivity contribution in [2.24, 2.45) is 16.0 Å². The van der Waals surface area contributed by atoms with Gasteiger partial charge in [-0.1, -0.05) is 13.3 Å². The maximum absolute atomic E-state index is 8.82. The number of benzene rings is 1. The Kier molecular flexibility index (Phi) is 9.38. The van der Waals surface area contributed by atoms with Gasteiger partial charge in [0.2, 0.25) is 0 Å². The lowest BCUT2D eigenvalue weighted by atomic mass is 10.2. The third-order valence-electron chi connectivity index (χ3n) is 4.27. The molecule has 1 unspecified atom stereocenters. The van der Waals surface area contributed by atoms with Crippen molar-refractivity contribution in [3.8, 4) is 0 Å². The van der Waals surface area contributed by atoms with Crippen LogP contribution in [0.2, 0.25) is 0 Å². The molecule has 0 saturated carbocycles. The first-order valence-electron chi connectivity index (χ1n) is 9.39. The zero-order valence-corrected chi connectivity index (χ0v) is 17.0. The number of nitrogens with zero attached hydrogens (tertiary/aromatic N) is 3. The minimum Gasteiger partial charge on any atom is -0.404 e. The molecule has 7 heteroatoms. The number of hydrogen-bond donors (Lipinski definition) is 2. The Hall–Kier alpha value is -1.83. The highest BCUT2D eigenvalue weighted by Gasteiger charge is 2.33. The topological polar surface area (TPSA) is 83.4 Å². The number of aliphatic hydroxyl groups excluding tert-OH is 1. The Morgan fingerprint density at radius 3 is 2.67 bits per heavy atom. The quantitative estimate of drug-likeness (QED) is 0.389. The van der Waals surface area contributed by atoms with Crippen molar-refractivity contribution in [2.75, 3.05) is 37.8 Å². The third kappa shape index (κ3) is 7.01. The molecule has 0 radical (unpaired) electrons. The van der Waals surface area contributed by atoms with Crippen molar-refractivity contribution in [1.82, 2.24) is 0 Å². The standard InChI is InChI=1S/C20H30N4O2S/c1-3-4-10-24(11-13-26-14-12-25)18-7-5-17(6-8-18)22-23-19-16(2)20(19)27-15-9-21/h5-9,15,20,25H,3-4,10-14,21H2,1-2H3. The Morgan fingerprint density at radius 1 is 1.22 bits per heavy atom. The van der Waals surface area contributed by atoms with Crippen LogP contribution in [0, 0.1) is 0 Å². The van der Waals surface area contributed by atoms with Crippen LogP contribution in [0.25, 0.3) is 0 Å². The predicted molar refractivity (Wildman–Crippen MR) is 113 cm³/mol. The van der Waals surface area contributed by atoms with Crippen LogP contribution in [0.3, 0.4) is 0 Å². The molecule has 0 saturated heterocycles. The van der Waals surface area contributed by atoms with E-state index >= 15 is 0 Å². The van der Waals surface area contributed by atoms with Crippen molar-refractivity contribution in [1.29, 1.82) is 0 Å². The Labute approximate surface area is 166 Å². The van der Waals surface area contributed by atoms with Gasteiger partial charge in [0.1, 0.15) is 0 Å². The number of hydrogen-bond acceptors (Lipinski definition) is 7. The van der Waals surface area contributed by atoms with Gasteiger partial charge in [-0.25, -0.2) is 0 Å². The molecule has 0 fully saturated rings. The predicted octanol–water partition coefficient (Wildman–Crippen LogP) is 4.21. The van der Waals surface area contributed by atoms with Gasteiger partial charge in [0.05, 0.1) is 36.5 Å². The van der Waals surface area contributed by atoms with E-state index in [1.165, 1.54) is 5.57 Å². The van der Waals surface area contributed by atoms with Crippen LogP contribution in [0.1, 0.15) is 26.7 Å². The molecule has 0 spiro atoms. The van der Waals surface area contributed by atoms with Crippen molar-refractivity contribution < 1.29 is 9.84 Å². The Balaban J connectivity index is 1.92. The molecule has 1 atom stereocenters. The third-order valence-corrected chi connectivity index (χ3v) is 5.43. The van der Waals surface area contributed by atoms with Crippen LogP contribution >= 0.6 is 11.8 Å². The average molecular weight is 391 g/mol. The summed E-state index contributed by atoms with van der Waals surface area (Å²) < 4.78 is 5.41. The van der Waals surface area contributed by atoms with Crippen LogP contribution < -0.4 is 10.6 Å². The molecule has 0 amide bonds. The van der Waals surface area contributed by atoms with E-state index in [1.807, 2.05) is 17.5 Å². The molecule has 3 N–H and O–H groups in total. The van der Waals surface area contributed by atoms with Gasteiger partial charge in [0, 0.05) is 25.0 Å². The van der Waals surface area contributed by atoms with Crippen LogP contribution in [-0.4, -0.2) is 43.3 Å². The normalized spacial score (nSPS) is 16.6. The second-order valence-electron chi connectivity index (χ2n) is 6.31. The fourth-order valence-electron chi connectivity index (χ4n) is 2.61. The summed E-state index contributed by atoms with van der Waals surface area (Å²) in [4.78, 5) is 2.31. The molecule has 1 aromatic carbocycles. The Bertz CT molecular complexity index is 658. The highest BCUT2D eigenvalue weighted by Crippen LogP contribution is 2.43. The molecule has 148 valence electrons. The minimum absolute atomic E-state index is 0.0619. The minimum atomic E-state index is 0.0619. The second-order valence-corrected chi connectivity index (χ2v) is 7.32. The van der Waals surface area contributed by atoms with Crippen molar-refractivity contribution in [2.45, 2.75) is 31.9 Å². The highest BCUT2D eigenvalue weighted by molar-refractivity contribution is 8.03. The van der Waals surface area contributed by atoms with Gasteiger partial charge in [-0.3, -0.25) is 0 Å². The molecule has 0 aliphatic heterocycles. The number of nitrogens with two attached hydrogens (primary N) is 1. The van der Waals surface area contributed by atoms with Gasteiger partial charge in [-0.2, -0.15) is 10.2 Å². The van der Waals surface area contributed by atoms with Gasteiger partial charge in [0.25, 0.3) is 0 Å². The molecule has 1 aliphatic carbocycles. The zero-order valence-electron chi connectivity index (χ0n) is 16.2. The molecule has 0 aromatic heterocycles. The summed E-state index contributed by atoms with van der Waals surface area (Å²) in [5.74, 6) is 0. The van der Waals surface area contributed by atoms with E-state index in [4.69, 9.17) is 15.6 Å². The first kappa shape index (κ1) is 21.5. The summed E-state index contributed by atoms with van der Waals surface area (Å²) in [6.45, 7) is 7.11. The molecule has 0 bridgehead atoms. The summed E-state index contributed by atoms with van der Waals surface area (Å²) in [5.41, 5.74) is 9.66. The number of ether oxygens (including phenoxy) is 1. The molecule has 6 nitrogen and oxygen atoms in total. The van der Waals surface area contributed by atoms with E-state index in [9.17, 15) is 0 Å². The largest absolute Gasteiger partial charge is 0.404 e. The van der Waals surface area contributed by atoms with Gasteiger partial charge < -0.3 is 20.5 Å². The van der Waals surface area contributed by atoms with E-state index in [0.717, 1.165) is 43.0 Å². The number of rotatable bonds is 13. The number of anilines is 1. The molecule has 0 heterocycles. The van der Waals surface area contributed by atoms with Crippen molar-refractivity contribution in [3.63, 3.8) is 0 Å². The molecule has 27 heavy (non-hydrogen) atoms. The lowest BCUT2D eigenvalue weighted by Gasteiger charge is -2.24. The maximum atomic E-state index is 8.82. The number of azo groups is 1. The van der Waals surface area contributed by atoms with Gasteiger partial charge in [-0.15, -0.1) is 11.8 Å². The van der Waals surface area contributed by atoms with E-state index in [1.54, 1.807) is 18.0 Å². The smallest absolute Gasteiger partial charge is 0.0858 e. The summed E-state index contributed by atoms with van der Waals surface area (Å²) >= 11 is 1.65. The maximum Gasteiger partial charge on any atom is 0.0858 e. The summed E-state index contributed by atoms with van der Waals surface area (Å²) in [6, 6.07) is 8.14. The molecule has 1 aromatic rings. The average Bonchev–Trinajstić information content (AvgIpc) is 3.32. The van der Waals surface area contributed by atoms with Crippen LogP contribution in [0.5, 0.6) is 0 Å². The number of unbranched alkanes of at least 4 members (excludes halogenated alkanes) is 1. The van der Waals surface area contributed by atoms with Gasteiger partial charge in [0.15, 0.2) is 0 Å². The van der Waals surface area contributed by atoms with Gasteiger partial charge >= 0.3 is 0 Å². The fraction of sp³-hybridized carbons (Fsp3) is 0.500. The zero-order chi connectivity index (χ0) is 19.5.